The summed E-state index contributed by atoms with van der Waals surface area (Å²) in [6, 6.07) is 3.15. The maximum atomic E-state index is 13.3. The van der Waals surface area contributed by atoms with Crippen LogP contribution in [0.5, 0.6) is 0 Å². The van der Waals surface area contributed by atoms with Crippen molar-refractivity contribution in [3.63, 3.8) is 0 Å². The van der Waals surface area contributed by atoms with Gasteiger partial charge in [0.2, 0.25) is 0 Å². The van der Waals surface area contributed by atoms with E-state index in [9.17, 15) is 8.78 Å². The second-order valence-electron chi connectivity index (χ2n) is 4.09. The van der Waals surface area contributed by atoms with E-state index in [4.69, 9.17) is 15.2 Å². The van der Waals surface area contributed by atoms with E-state index >= 15 is 0 Å². The fourth-order valence-corrected chi connectivity index (χ4v) is 1.56. The highest BCUT2D eigenvalue weighted by atomic mass is 19.1. The van der Waals surface area contributed by atoms with Crippen LogP contribution in [0.4, 0.5) is 8.78 Å². The summed E-state index contributed by atoms with van der Waals surface area (Å²) in [7, 11) is 1.60. The Balaban J connectivity index is 2.30. The van der Waals surface area contributed by atoms with Gasteiger partial charge >= 0.3 is 0 Å². The molecular formula is C13H19F2NO2. The van der Waals surface area contributed by atoms with Crippen LogP contribution in [-0.4, -0.2) is 33.0 Å². The Morgan fingerprint density at radius 2 is 2.00 bits per heavy atom. The lowest BCUT2D eigenvalue weighted by molar-refractivity contribution is 0.0672. The maximum absolute atomic E-state index is 13.3. The number of halogens is 2. The second kappa shape index (κ2) is 8.13. The molecule has 18 heavy (non-hydrogen) atoms. The van der Waals surface area contributed by atoms with E-state index in [2.05, 4.69) is 0 Å². The Morgan fingerprint density at radius 3 is 2.72 bits per heavy atom. The van der Waals surface area contributed by atoms with Gasteiger partial charge in [-0.15, -0.1) is 0 Å². The number of nitrogens with two attached hydrogens (primary N) is 1. The number of benzene rings is 1. The van der Waals surface area contributed by atoms with Gasteiger partial charge in [-0.3, -0.25) is 0 Å². The molecule has 3 nitrogen and oxygen atoms in total. The standard InChI is InChI=1S/C13H19F2NO2/c1-17-6-7-18-5-4-12(16)9-10-8-11(14)2-3-13(10)15/h2-3,8,12H,4-7,9,16H2,1H3. The van der Waals surface area contributed by atoms with Crippen LogP contribution in [0.2, 0.25) is 0 Å². The summed E-state index contributed by atoms with van der Waals surface area (Å²) < 4.78 is 36.4. The van der Waals surface area contributed by atoms with Crippen molar-refractivity contribution in [1.82, 2.24) is 0 Å². The molecule has 0 aliphatic rings. The molecule has 0 aromatic heterocycles. The number of rotatable bonds is 8. The Kier molecular flexibility index (Phi) is 6.78. The highest BCUT2D eigenvalue weighted by Crippen LogP contribution is 2.12. The maximum Gasteiger partial charge on any atom is 0.126 e. The monoisotopic (exact) mass is 259 g/mol. The third-order valence-corrected chi connectivity index (χ3v) is 2.55. The minimum absolute atomic E-state index is 0.246. The fourth-order valence-electron chi connectivity index (χ4n) is 1.56. The first-order valence-corrected chi connectivity index (χ1v) is 5.89. The summed E-state index contributed by atoms with van der Waals surface area (Å²) in [4.78, 5) is 0. The SMILES string of the molecule is COCCOCCC(N)Cc1cc(F)ccc1F. The summed E-state index contributed by atoms with van der Waals surface area (Å²) >= 11 is 0. The van der Waals surface area contributed by atoms with E-state index < -0.39 is 11.6 Å². The lowest BCUT2D eigenvalue weighted by atomic mass is 10.0. The Labute approximate surface area is 106 Å². The number of hydrogen-bond donors (Lipinski definition) is 1. The van der Waals surface area contributed by atoms with E-state index in [1.165, 1.54) is 6.07 Å². The zero-order valence-corrected chi connectivity index (χ0v) is 10.5. The van der Waals surface area contributed by atoms with Gasteiger partial charge in [0.25, 0.3) is 0 Å². The van der Waals surface area contributed by atoms with E-state index in [1.807, 2.05) is 0 Å². The molecule has 5 heteroatoms. The largest absolute Gasteiger partial charge is 0.382 e. The third kappa shape index (κ3) is 5.53. The van der Waals surface area contributed by atoms with Crippen LogP contribution in [0.15, 0.2) is 18.2 Å². The predicted octanol–water partition coefficient (Wildman–Crippen LogP) is 1.89. The van der Waals surface area contributed by atoms with Crippen LogP contribution in [0.25, 0.3) is 0 Å². The zero-order valence-electron chi connectivity index (χ0n) is 10.5. The number of methoxy groups -OCH3 is 1. The molecule has 0 bridgehead atoms. The average Bonchev–Trinajstić information content (AvgIpc) is 2.33. The van der Waals surface area contributed by atoms with Gasteiger partial charge in [-0.1, -0.05) is 0 Å². The lowest BCUT2D eigenvalue weighted by Gasteiger charge is -2.12. The van der Waals surface area contributed by atoms with Crippen LogP contribution in [-0.2, 0) is 15.9 Å². The number of ether oxygens (including phenoxy) is 2. The molecule has 0 aliphatic carbocycles. The van der Waals surface area contributed by atoms with E-state index in [-0.39, 0.29) is 6.04 Å². The van der Waals surface area contributed by atoms with Crippen LogP contribution in [0, 0.1) is 11.6 Å². The molecule has 0 fully saturated rings. The molecule has 0 spiro atoms. The summed E-state index contributed by atoms with van der Waals surface area (Å²) in [6.45, 7) is 1.53. The average molecular weight is 259 g/mol. The minimum atomic E-state index is -0.449. The molecule has 1 atom stereocenters. The quantitative estimate of drug-likeness (QED) is 0.725. The van der Waals surface area contributed by atoms with Crippen molar-refractivity contribution in [2.75, 3.05) is 26.9 Å². The van der Waals surface area contributed by atoms with E-state index in [0.717, 1.165) is 12.1 Å². The van der Waals surface area contributed by atoms with Gasteiger partial charge in [0.1, 0.15) is 11.6 Å². The van der Waals surface area contributed by atoms with Crippen molar-refractivity contribution in [3.05, 3.63) is 35.4 Å². The summed E-state index contributed by atoms with van der Waals surface area (Å²) in [5.74, 6) is -0.873. The molecular weight excluding hydrogens is 240 g/mol. The zero-order chi connectivity index (χ0) is 13.4. The van der Waals surface area contributed by atoms with Gasteiger partial charge in [-0.05, 0) is 36.6 Å². The highest BCUT2D eigenvalue weighted by Gasteiger charge is 2.09. The Hall–Kier alpha value is -1.04. The first kappa shape index (κ1) is 15.0. The molecule has 1 rings (SSSR count). The van der Waals surface area contributed by atoms with Crippen molar-refractivity contribution in [1.29, 1.82) is 0 Å². The minimum Gasteiger partial charge on any atom is -0.382 e. The smallest absolute Gasteiger partial charge is 0.126 e. The lowest BCUT2D eigenvalue weighted by Crippen LogP contribution is -2.25. The first-order chi connectivity index (χ1) is 8.63. The van der Waals surface area contributed by atoms with Crippen LogP contribution < -0.4 is 5.73 Å². The molecule has 2 N–H and O–H groups in total. The first-order valence-electron chi connectivity index (χ1n) is 5.89. The molecule has 0 radical (unpaired) electrons. The summed E-state index contributed by atoms with van der Waals surface area (Å²) in [6.07, 6.45) is 0.900. The van der Waals surface area contributed by atoms with E-state index in [0.29, 0.717) is 38.2 Å². The fraction of sp³-hybridized carbons (Fsp3) is 0.538. The molecule has 0 heterocycles. The Morgan fingerprint density at radius 1 is 1.22 bits per heavy atom. The topological polar surface area (TPSA) is 44.5 Å². The van der Waals surface area contributed by atoms with Crippen LogP contribution in [0.3, 0.4) is 0 Å². The van der Waals surface area contributed by atoms with Gasteiger partial charge in [-0.25, -0.2) is 8.78 Å². The number of hydrogen-bond acceptors (Lipinski definition) is 3. The van der Waals surface area contributed by atoms with Crippen molar-refractivity contribution < 1.29 is 18.3 Å². The second-order valence-corrected chi connectivity index (χ2v) is 4.09. The summed E-state index contributed by atoms with van der Waals surface area (Å²) in [5.41, 5.74) is 6.14. The van der Waals surface area contributed by atoms with E-state index in [1.54, 1.807) is 7.11 Å². The van der Waals surface area contributed by atoms with Crippen molar-refractivity contribution in [2.45, 2.75) is 18.9 Å². The highest BCUT2D eigenvalue weighted by molar-refractivity contribution is 5.19. The van der Waals surface area contributed by atoms with Gasteiger partial charge < -0.3 is 15.2 Å². The van der Waals surface area contributed by atoms with Gasteiger partial charge in [0.05, 0.1) is 13.2 Å². The van der Waals surface area contributed by atoms with Gasteiger partial charge in [0, 0.05) is 19.8 Å². The van der Waals surface area contributed by atoms with Crippen molar-refractivity contribution in [3.8, 4) is 0 Å². The molecule has 0 amide bonds. The molecule has 0 aliphatic heterocycles. The molecule has 102 valence electrons. The third-order valence-electron chi connectivity index (χ3n) is 2.55. The van der Waals surface area contributed by atoms with Crippen LogP contribution in [0.1, 0.15) is 12.0 Å². The van der Waals surface area contributed by atoms with Crippen molar-refractivity contribution in [2.24, 2.45) is 5.73 Å². The molecule has 1 aromatic rings. The molecule has 0 saturated carbocycles. The molecule has 0 saturated heterocycles. The van der Waals surface area contributed by atoms with Gasteiger partial charge in [-0.2, -0.15) is 0 Å². The van der Waals surface area contributed by atoms with Crippen LogP contribution >= 0.6 is 0 Å². The Bertz CT molecular complexity index is 361. The summed E-state index contributed by atoms with van der Waals surface area (Å²) in [5, 5.41) is 0. The predicted molar refractivity (Wildman–Crippen MR) is 65.3 cm³/mol. The molecule has 1 aromatic carbocycles. The normalized spacial score (nSPS) is 12.7. The molecule has 1 unspecified atom stereocenters. The van der Waals surface area contributed by atoms with Crippen molar-refractivity contribution >= 4 is 0 Å². The van der Waals surface area contributed by atoms with Gasteiger partial charge in [0.15, 0.2) is 0 Å².